The monoisotopic (exact) mass is 223 g/mol. The van der Waals surface area contributed by atoms with Crippen molar-refractivity contribution in [3.05, 3.63) is 29.8 Å². The second-order valence-corrected chi connectivity index (χ2v) is 3.53. The van der Waals surface area contributed by atoms with E-state index >= 15 is 0 Å². The van der Waals surface area contributed by atoms with Crippen molar-refractivity contribution in [3.8, 4) is 5.75 Å². The number of methoxy groups -OCH3 is 1. The first-order valence-corrected chi connectivity index (χ1v) is 5.14. The van der Waals surface area contributed by atoms with Gasteiger partial charge in [-0.15, -0.1) is 0 Å². The third kappa shape index (κ3) is 4.31. The standard InChI is InChI=1S/C12H17NO3/c1-10(13-14)3-4-11-5-7-12(8-6-11)16-9-15-2/h5-8,14H,3-4,9H2,1-2H3. The number of aryl methyl sites for hydroxylation is 1. The van der Waals surface area contributed by atoms with Crippen molar-refractivity contribution in [1.29, 1.82) is 0 Å². The van der Waals surface area contributed by atoms with E-state index in [0.717, 1.165) is 24.3 Å². The van der Waals surface area contributed by atoms with Crippen molar-refractivity contribution in [1.82, 2.24) is 0 Å². The molecule has 0 aliphatic rings. The van der Waals surface area contributed by atoms with Gasteiger partial charge in [-0.2, -0.15) is 0 Å². The fourth-order valence-electron chi connectivity index (χ4n) is 1.25. The van der Waals surface area contributed by atoms with E-state index in [9.17, 15) is 0 Å². The Morgan fingerprint density at radius 3 is 2.56 bits per heavy atom. The lowest BCUT2D eigenvalue weighted by molar-refractivity contribution is 0.0511. The molecule has 0 spiro atoms. The van der Waals surface area contributed by atoms with Crippen LogP contribution in [0.5, 0.6) is 5.75 Å². The van der Waals surface area contributed by atoms with Gasteiger partial charge in [-0.25, -0.2) is 0 Å². The van der Waals surface area contributed by atoms with Crippen LogP contribution in [0.25, 0.3) is 0 Å². The Bertz CT molecular complexity index is 333. The van der Waals surface area contributed by atoms with E-state index in [0.29, 0.717) is 0 Å². The van der Waals surface area contributed by atoms with Gasteiger partial charge in [0.05, 0.1) is 5.71 Å². The smallest absolute Gasteiger partial charge is 0.188 e. The Hall–Kier alpha value is -1.55. The lowest BCUT2D eigenvalue weighted by Gasteiger charge is -2.05. The predicted molar refractivity (Wildman–Crippen MR) is 62.2 cm³/mol. The number of hydrogen-bond acceptors (Lipinski definition) is 4. The summed E-state index contributed by atoms with van der Waals surface area (Å²) in [5.74, 6) is 0.790. The normalized spacial score (nSPS) is 11.5. The number of oxime groups is 1. The highest BCUT2D eigenvalue weighted by Gasteiger charge is 1.97. The summed E-state index contributed by atoms with van der Waals surface area (Å²) in [7, 11) is 1.59. The highest BCUT2D eigenvalue weighted by Crippen LogP contribution is 2.13. The summed E-state index contributed by atoms with van der Waals surface area (Å²) < 4.78 is 10.1. The highest BCUT2D eigenvalue weighted by atomic mass is 16.7. The molecule has 0 heterocycles. The molecule has 0 aliphatic heterocycles. The van der Waals surface area contributed by atoms with Gasteiger partial charge in [-0.05, 0) is 37.5 Å². The third-order valence-corrected chi connectivity index (χ3v) is 2.21. The van der Waals surface area contributed by atoms with E-state index in [1.807, 2.05) is 24.3 Å². The zero-order valence-electron chi connectivity index (χ0n) is 9.64. The van der Waals surface area contributed by atoms with Crippen LogP contribution in [0.3, 0.4) is 0 Å². The van der Waals surface area contributed by atoms with E-state index in [2.05, 4.69) is 5.16 Å². The van der Waals surface area contributed by atoms with Crippen molar-refractivity contribution < 1.29 is 14.7 Å². The third-order valence-electron chi connectivity index (χ3n) is 2.21. The lowest BCUT2D eigenvalue weighted by atomic mass is 10.1. The molecule has 1 N–H and O–H groups in total. The molecule has 0 atom stereocenters. The molecule has 0 aromatic heterocycles. The van der Waals surface area contributed by atoms with Crippen molar-refractivity contribution in [2.45, 2.75) is 19.8 Å². The topological polar surface area (TPSA) is 51.0 Å². The summed E-state index contributed by atoms with van der Waals surface area (Å²) in [5, 5.41) is 11.6. The van der Waals surface area contributed by atoms with Crippen LogP contribution in [0.15, 0.2) is 29.4 Å². The van der Waals surface area contributed by atoms with Crippen LogP contribution in [0, 0.1) is 0 Å². The van der Waals surface area contributed by atoms with E-state index in [4.69, 9.17) is 14.7 Å². The fourth-order valence-corrected chi connectivity index (χ4v) is 1.25. The summed E-state index contributed by atoms with van der Waals surface area (Å²) >= 11 is 0. The van der Waals surface area contributed by atoms with Crippen LogP contribution in [0.1, 0.15) is 18.9 Å². The zero-order chi connectivity index (χ0) is 11.8. The maximum absolute atomic E-state index is 8.51. The van der Waals surface area contributed by atoms with Gasteiger partial charge in [-0.3, -0.25) is 0 Å². The van der Waals surface area contributed by atoms with Gasteiger partial charge < -0.3 is 14.7 Å². The summed E-state index contributed by atoms with van der Waals surface area (Å²) in [6.45, 7) is 2.06. The minimum Gasteiger partial charge on any atom is -0.468 e. The Kier molecular flexibility index (Phi) is 5.36. The first kappa shape index (κ1) is 12.5. The molecule has 0 saturated carbocycles. The number of hydrogen-bond donors (Lipinski definition) is 1. The molecule has 0 saturated heterocycles. The number of ether oxygens (including phenoxy) is 2. The lowest BCUT2D eigenvalue weighted by Crippen LogP contribution is -1.99. The Morgan fingerprint density at radius 2 is 2.00 bits per heavy atom. The van der Waals surface area contributed by atoms with Gasteiger partial charge in [0.25, 0.3) is 0 Å². The molecule has 1 aromatic rings. The van der Waals surface area contributed by atoms with Crippen LogP contribution < -0.4 is 4.74 Å². The molecule has 1 aromatic carbocycles. The summed E-state index contributed by atoms with van der Waals surface area (Å²) in [5.41, 5.74) is 1.92. The summed E-state index contributed by atoms with van der Waals surface area (Å²) in [6.07, 6.45) is 1.62. The predicted octanol–water partition coefficient (Wildman–Crippen LogP) is 2.45. The fraction of sp³-hybridized carbons (Fsp3) is 0.417. The Labute approximate surface area is 95.5 Å². The van der Waals surface area contributed by atoms with Gasteiger partial charge in [0.2, 0.25) is 0 Å². The van der Waals surface area contributed by atoms with E-state index in [1.54, 1.807) is 14.0 Å². The molecule has 0 fully saturated rings. The zero-order valence-corrected chi connectivity index (χ0v) is 9.64. The van der Waals surface area contributed by atoms with Gasteiger partial charge in [0.1, 0.15) is 5.75 Å². The quantitative estimate of drug-likeness (QED) is 0.349. The summed E-state index contributed by atoms with van der Waals surface area (Å²) in [6, 6.07) is 7.80. The van der Waals surface area contributed by atoms with Crippen molar-refractivity contribution in [2.24, 2.45) is 5.16 Å². The largest absolute Gasteiger partial charge is 0.468 e. The number of rotatable bonds is 6. The summed E-state index contributed by atoms with van der Waals surface area (Å²) in [4.78, 5) is 0. The number of benzene rings is 1. The van der Waals surface area contributed by atoms with Crippen LogP contribution in [-0.2, 0) is 11.2 Å². The second-order valence-electron chi connectivity index (χ2n) is 3.53. The van der Waals surface area contributed by atoms with Crippen LogP contribution in [-0.4, -0.2) is 24.8 Å². The van der Waals surface area contributed by atoms with Crippen molar-refractivity contribution >= 4 is 5.71 Å². The second kappa shape index (κ2) is 6.85. The van der Waals surface area contributed by atoms with Crippen LogP contribution >= 0.6 is 0 Å². The molecular weight excluding hydrogens is 206 g/mol. The molecule has 0 amide bonds. The van der Waals surface area contributed by atoms with Gasteiger partial charge in [0, 0.05) is 7.11 Å². The Morgan fingerprint density at radius 1 is 1.31 bits per heavy atom. The van der Waals surface area contributed by atoms with Crippen molar-refractivity contribution in [2.75, 3.05) is 13.9 Å². The van der Waals surface area contributed by atoms with Crippen molar-refractivity contribution in [3.63, 3.8) is 0 Å². The molecule has 0 radical (unpaired) electrons. The van der Waals surface area contributed by atoms with Gasteiger partial charge in [-0.1, -0.05) is 17.3 Å². The Balaban J connectivity index is 2.45. The number of nitrogens with zero attached hydrogens (tertiary/aromatic N) is 1. The maximum atomic E-state index is 8.51. The van der Waals surface area contributed by atoms with E-state index in [1.165, 1.54) is 5.56 Å². The maximum Gasteiger partial charge on any atom is 0.188 e. The highest BCUT2D eigenvalue weighted by molar-refractivity contribution is 5.81. The molecule has 4 heteroatoms. The molecule has 16 heavy (non-hydrogen) atoms. The first-order valence-electron chi connectivity index (χ1n) is 5.14. The van der Waals surface area contributed by atoms with Gasteiger partial charge in [0.15, 0.2) is 6.79 Å². The molecular formula is C12H17NO3. The molecule has 0 bridgehead atoms. The molecule has 4 nitrogen and oxygen atoms in total. The molecule has 1 rings (SSSR count). The molecule has 0 unspecified atom stereocenters. The minimum atomic E-state index is 0.260. The average Bonchev–Trinajstić information content (AvgIpc) is 2.34. The van der Waals surface area contributed by atoms with Crippen LogP contribution in [0.2, 0.25) is 0 Å². The average molecular weight is 223 g/mol. The first-order chi connectivity index (χ1) is 7.76. The molecule has 88 valence electrons. The van der Waals surface area contributed by atoms with Gasteiger partial charge >= 0.3 is 0 Å². The van der Waals surface area contributed by atoms with Crippen LogP contribution in [0.4, 0.5) is 0 Å². The van der Waals surface area contributed by atoms with E-state index in [-0.39, 0.29) is 6.79 Å². The molecule has 0 aliphatic carbocycles. The van der Waals surface area contributed by atoms with E-state index < -0.39 is 0 Å². The SMILES string of the molecule is COCOc1ccc(CCC(C)=NO)cc1. The minimum absolute atomic E-state index is 0.260.